The van der Waals surface area contributed by atoms with E-state index in [1.807, 2.05) is 0 Å². The predicted octanol–water partition coefficient (Wildman–Crippen LogP) is 9.99. The molecule has 0 N–H and O–H groups in total. The standard InChI is InChI=1S/C32H58O/c1-20(2)32(18,19)25-23(29(9,10)11)21(27(3,4)5)22(28(6,7)8)24(30(12,13)14)26(25)33-31(15,16)17/h20H,1-19H3. The van der Waals surface area contributed by atoms with Crippen molar-refractivity contribution in [3.63, 3.8) is 0 Å². The molecule has 1 aromatic carbocycles. The average Bonchev–Trinajstić information content (AvgIpc) is 2.47. The van der Waals surface area contributed by atoms with Crippen molar-refractivity contribution < 1.29 is 4.74 Å². The van der Waals surface area contributed by atoms with E-state index in [1.165, 1.54) is 27.8 Å². The van der Waals surface area contributed by atoms with E-state index in [9.17, 15) is 0 Å². The van der Waals surface area contributed by atoms with Crippen molar-refractivity contribution in [1.29, 1.82) is 0 Å². The molecule has 0 amide bonds. The van der Waals surface area contributed by atoms with E-state index in [2.05, 4.69) is 132 Å². The monoisotopic (exact) mass is 458 g/mol. The van der Waals surface area contributed by atoms with Crippen LogP contribution in [0.4, 0.5) is 0 Å². The van der Waals surface area contributed by atoms with E-state index < -0.39 is 0 Å². The summed E-state index contributed by atoms with van der Waals surface area (Å²) in [7, 11) is 0. The molecule has 0 aliphatic heterocycles. The topological polar surface area (TPSA) is 9.23 Å². The smallest absolute Gasteiger partial charge is 0.128 e. The Labute approximate surface area is 208 Å². The quantitative estimate of drug-likeness (QED) is 0.438. The van der Waals surface area contributed by atoms with Crippen molar-refractivity contribution >= 4 is 0 Å². The van der Waals surface area contributed by atoms with Gasteiger partial charge in [0, 0.05) is 11.1 Å². The van der Waals surface area contributed by atoms with E-state index in [0.717, 1.165) is 5.75 Å². The van der Waals surface area contributed by atoms with Gasteiger partial charge in [0.2, 0.25) is 0 Å². The zero-order chi connectivity index (χ0) is 26.7. The minimum Gasteiger partial charge on any atom is -0.488 e. The zero-order valence-corrected chi connectivity index (χ0v) is 26.0. The van der Waals surface area contributed by atoms with E-state index in [-0.39, 0.29) is 32.7 Å². The highest BCUT2D eigenvalue weighted by Crippen LogP contribution is 2.56. The summed E-state index contributed by atoms with van der Waals surface area (Å²) in [4.78, 5) is 0. The first-order valence-corrected chi connectivity index (χ1v) is 13.1. The number of rotatable bonds is 3. The number of ether oxygens (including phenoxy) is 1. The highest BCUT2D eigenvalue weighted by atomic mass is 16.5. The molecule has 1 heteroatoms. The summed E-state index contributed by atoms with van der Waals surface area (Å²) in [6, 6.07) is 0. The number of benzene rings is 1. The van der Waals surface area contributed by atoms with Crippen molar-refractivity contribution in [2.24, 2.45) is 5.92 Å². The largest absolute Gasteiger partial charge is 0.488 e. The van der Waals surface area contributed by atoms with E-state index in [0.29, 0.717) is 5.92 Å². The van der Waals surface area contributed by atoms with Gasteiger partial charge in [-0.15, -0.1) is 0 Å². The molecule has 0 unspecified atom stereocenters. The number of hydrogen-bond donors (Lipinski definition) is 0. The second-order valence-electron chi connectivity index (χ2n) is 16.3. The molecule has 0 saturated carbocycles. The van der Waals surface area contributed by atoms with Crippen LogP contribution in [0.3, 0.4) is 0 Å². The SMILES string of the molecule is CC(C)C(C)(C)c1c(OC(C)(C)C)c(C(C)(C)C)c(C(C)(C)C)c(C(C)(C)C)c1C(C)(C)C. The Balaban J connectivity index is 4.85. The van der Waals surface area contributed by atoms with Gasteiger partial charge in [-0.3, -0.25) is 0 Å². The molecule has 0 aliphatic rings. The van der Waals surface area contributed by atoms with Crippen LogP contribution in [-0.2, 0) is 27.1 Å². The lowest BCUT2D eigenvalue weighted by atomic mass is 9.59. The van der Waals surface area contributed by atoms with Gasteiger partial charge >= 0.3 is 0 Å². The van der Waals surface area contributed by atoms with Crippen LogP contribution in [0.2, 0.25) is 0 Å². The highest BCUT2D eigenvalue weighted by Gasteiger charge is 2.45. The summed E-state index contributed by atoms with van der Waals surface area (Å²) >= 11 is 0. The molecule has 1 nitrogen and oxygen atoms in total. The summed E-state index contributed by atoms with van der Waals surface area (Å²) < 4.78 is 7.07. The third kappa shape index (κ3) is 6.37. The van der Waals surface area contributed by atoms with E-state index in [4.69, 9.17) is 4.74 Å². The maximum Gasteiger partial charge on any atom is 0.128 e. The Hall–Kier alpha value is -0.980. The van der Waals surface area contributed by atoms with Crippen LogP contribution in [0.15, 0.2) is 0 Å². The average molecular weight is 459 g/mol. The first-order chi connectivity index (χ1) is 14.1. The maximum absolute atomic E-state index is 7.07. The van der Waals surface area contributed by atoms with Gasteiger partial charge in [-0.1, -0.05) is 111 Å². The summed E-state index contributed by atoms with van der Waals surface area (Å²) in [5.41, 5.74) is 6.91. The van der Waals surface area contributed by atoms with Gasteiger partial charge in [0.15, 0.2) is 0 Å². The van der Waals surface area contributed by atoms with Gasteiger partial charge < -0.3 is 4.74 Å². The molecule has 0 bridgehead atoms. The van der Waals surface area contributed by atoms with Crippen molar-refractivity contribution in [2.75, 3.05) is 0 Å². The third-order valence-electron chi connectivity index (χ3n) is 6.95. The zero-order valence-electron chi connectivity index (χ0n) is 26.0. The van der Waals surface area contributed by atoms with Crippen molar-refractivity contribution in [3.05, 3.63) is 27.8 Å². The molecule has 0 fully saturated rings. The molecule has 33 heavy (non-hydrogen) atoms. The molecule has 0 saturated heterocycles. The summed E-state index contributed by atoms with van der Waals surface area (Å²) in [5, 5.41) is 0. The van der Waals surface area contributed by atoms with Crippen LogP contribution < -0.4 is 4.74 Å². The van der Waals surface area contributed by atoms with Crippen LogP contribution >= 0.6 is 0 Å². The van der Waals surface area contributed by atoms with Gasteiger partial charge in [0.05, 0.1) is 0 Å². The molecular weight excluding hydrogens is 400 g/mol. The van der Waals surface area contributed by atoms with Crippen molar-refractivity contribution in [1.82, 2.24) is 0 Å². The lowest BCUT2D eigenvalue weighted by Gasteiger charge is -2.47. The highest BCUT2D eigenvalue weighted by molar-refractivity contribution is 5.65. The molecule has 1 aromatic rings. The Bertz CT molecular complexity index is 845. The van der Waals surface area contributed by atoms with E-state index >= 15 is 0 Å². The van der Waals surface area contributed by atoms with Crippen LogP contribution in [0.1, 0.15) is 159 Å². The summed E-state index contributed by atoms with van der Waals surface area (Å²) in [6.07, 6.45) is 0. The fourth-order valence-corrected chi connectivity index (χ4v) is 5.00. The fourth-order valence-electron chi connectivity index (χ4n) is 5.00. The Morgan fingerprint density at radius 2 is 0.697 bits per heavy atom. The lowest BCUT2D eigenvalue weighted by molar-refractivity contribution is 0.121. The second kappa shape index (κ2) is 8.60. The van der Waals surface area contributed by atoms with Crippen LogP contribution in [0.5, 0.6) is 5.75 Å². The Kier molecular flexibility index (Phi) is 7.83. The maximum atomic E-state index is 7.07. The van der Waals surface area contributed by atoms with Crippen molar-refractivity contribution in [3.8, 4) is 5.75 Å². The second-order valence-corrected chi connectivity index (χ2v) is 16.3. The van der Waals surface area contributed by atoms with Crippen LogP contribution in [0, 0.1) is 5.92 Å². The minimum atomic E-state index is -0.282. The van der Waals surface area contributed by atoms with E-state index in [1.54, 1.807) is 0 Å². The Morgan fingerprint density at radius 1 is 0.424 bits per heavy atom. The molecule has 0 spiro atoms. The first-order valence-electron chi connectivity index (χ1n) is 13.1. The molecule has 1 rings (SSSR count). The van der Waals surface area contributed by atoms with Gasteiger partial charge in [-0.05, 0) is 70.5 Å². The van der Waals surface area contributed by atoms with Crippen molar-refractivity contribution in [2.45, 2.75) is 164 Å². The van der Waals surface area contributed by atoms with Gasteiger partial charge in [-0.25, -0.2) is 0 Å². The van der Waals surface area contributed by atoms with Crippen LogP contribution in [0.25, 0.3) is 0 Å². The molecule has 0 atom stereocenters. The molecule has 192 valence electrons. The molecule has 0 aliphatic carbocycles. The first kappa shape index (κ1) is 30.1. The Morgan fingerprint density at radius 3 is 0.939 bits per heavy atom. The minimum absolute atomic E-state index is 0.00724. The summed E-state index contributed by atoms with van der Waals surface area (Å²) in [6.45, 7) is 44.7. The molecule has 0 radical (unpaired) electrons. The summed E-state index contributed by atoms with van der Waals surface area (Å²) in [5.74, 6) is 1.61. The third-order valence-corrected chi connectivity index (χ3v) is 6.95. The fraction of sp³-hybridized carbons (Fsp3) is 0.812. The molecule has 0 heterocycles. The van der Waals surface area contributed by atoms with Crippen LogP contribution in [-0.4, -0.2) is 5.60 Å². The van der Waals surface area contributed by atoms with Gasteiger partial charge in [-0.2, -0.15) is 0 Å². The normalized spacial score (nSPS) is 14.8. The lowest BCUT2D eigenvalue weighted by Crippen LogP contribution is -2.39. The predicted molar refractivity (Wildman–Crippen MR) is 149 cm³/mol. The molecular formula is C32H58O. The van der Waals surface area contributed by atoms with Gasteiger partial charge in [0.1, 0.15) is 11.4 Å². The number of hydrogen-bond acceptors (Lipinski definition) is 1. The molecule has 0 aromatic heterocycles. The van der Waals surface area contributed by atoms with Gasteiger partial charge in [0.25, 0.3) is 0 Å².